The molecule has 6 heteroatoms. The van der Waals surface area contributed by atoms with Gasteiger partial charge in [0.15, 0.2) is 0 Å². The van der Waals surface area contributed by atoms with Crippen molar-refractivity contribution in [2.24, 2.45) is 5.92 Å². The lowest BCUT2D eigenvalue weighted by Crippen LogP contribution is -2.45. The Morgan fingerprint density at radius 3 is 2.78 bits per heavy atom. The lowest BCUT2D eigenvalue weighted by atomic mass is 10.1. The summed E-state index contributed by atoms with van der Waals surface area (Å²) in [5.41, 5.74) is -1.02. The van der Waals surface area contributed by atoms with Crippen molar-refractivity contribution in [2.45, 2.75) is 38.7 Å². The first-order valence-corrected chi connectivity index (χ1v) is 9.36. The third-order valence-electron chi connectivity index (χ3n) is 4.27. The minimum Gasteiger partial charge on any atom is -0.383 e. The summed E-state index contributed by atoms with van der Waals surface area (Å²) < 4.78 is 0. The predicted octanol–water partition coefficient (Wildman–Crippen LogP) is 2.38. The van der Waals surface area contributed by atoms with Crippen LogP contribution in [0.3, 0.4) is 0 Å². The van der Waals surface area contributed by atoms with E-state index in [9.17, 15) is 9.90 Å². The molecule has 1 aromatic rings. The van der Waals surface area contributed by atoms with Crippen LogP contribution >= 0.6 is 11.3 Å². The number of amides is 2. The Labute approximate surface area is 143 Å². The number of rotatable bonds is 7. The summed E-state index contributed by atoms with van der Waals surface area (Å²) in [6.45, 7) is 8.14. The molecule has 1 aromatic heterocycles. The molecule has 130 valence electrons. The molecule has 0 radical (unpaired) electrons. The van der Waals surface area contributed by atoms with Crippen LogP contribution in [0.4, 0.5) is 4.79 Å². The minimum atomic E-state index is -1.02. The zero-order valence-electron chi connectivity index (χ0n) is 14.2. The molecule has 0 spiro atoms. The van der Waals surface area contributed by atoms with Crippen molar-refractivity contribution in [2.75, 3.05) is 32.7 Å². The smallest absolute Gasteiger partial charge is 0.314 e. The molecule has 2 amide bonds. The highest BCUT2D eigenvalue weighted by molar-refractivity contribution is 7.10. The van der Waals surface area contributed by atoms with Crippen LogP contribution in [0.15, 0.2) is 17.5 Å². The zero-order valence-corrected chi connectivity index (χ0v) is 15.0. The number of aliphatic hydroxyl groups is 1. The fraction of sp³-hybridized carbons (Fsp3) is 0.706. The first-order chi connectivity index (χ1) is 11.0. The number of carbonyl (C=O) groups excluding carboxylic acids is 1. The molecule has 1 saturated heterocycles. The summed E-state index contributed by atoms with van der Waals surface area (Å²) >= 11 is 1.49. The van der Waals surface area contributed by atoms with Crippen molar-refractivity contribution in [3.05, 3.63) is 22.4 Å². The Hall–Kier alpha value is -1.11. The molecule has 23 heavy (non-hydrogen) atoms. The second-order valence-electron chi connectivity index (χ2n) is 6.78. The fourth-order valence-corrected chi connectivity index (χ4v) is 3.69. The Kier molecular flexibility index (Phi) is 6.87. The number of nitrogens with zero attached hydrogens (tertiary/aromatic N) is 1. The Morgan fingerprint density at radius 1 is 1.39 bits per heavy atom. The second-order valence-corrected chi connectivity index (χ2v) is 7.73. The van der Waals surface area contributed by atoms with E-state index in [-0.39, 0.29) is 12.6 Å². The number of piperidine rings is 1. The van der Waals surface area contributed by atoms with Crippen molar-refractivity contribution in [3.8, 4) is 0 Å². The Bertz CT molecular complexity index is 470. The molecule has 3 N–H and O–H groups in total. The van der Waals surface area contributed by atoms with E-state index < -0.39 is 5.60 Å². The summed E-state index contributed by atoms with van der Waals surface area (Å²) in [7, 11) is 0. The number of urea groups is 1. The molecule has 2 atom stereocenters. The summed E-state index contributed by atoms with van der Waals surface area (Å²) in [5.74, 6) is 0.427. The summed E-state index contributed by atoms with van der Waals surface area (Å²) in [6.07, 6.45) is 3.92. The predicted molar refractivity (Wildman–Crippen MR) is 94.7 cm³/mol. The van der Waals surface area contributed by atoms with Gasteiger partial charge in [-0.3, -0.25) is 0 Å². The van der Waals surface area contributed by atoms with Gasteiger partial charge in [-0.15, -0.1) is 11.3 Å². The number of hydrogen-bond donors (Lipinski definition) is 3. The van der Waals surface area contributed by atoms with Crippen molar-refractivity contribution < 1.29 is 9.90 Å². The van der Waals surface area contributed by atoms with Crippen molar-refractivity contribution in [3.63, 3.8) is 0 Å². The average molecular weight is 340 g/mol. The monoisotopic (exact) mass is 339 g/mol. The van der Waals surface area contributed by atoms with Crippen LogP contribution < -0.4 is 10.6 Å². The third kappa shape index (κ3) is 6.12. The van der Waals surface area contributed by atoms with Gasteiger partial charge in [0.25, 0.3) is 0 Å². The molecular weight excluding hydrogens is 310 g/mol. The van der Waals surface area contributed by atoms with E-state index in [2.05, 4.69) is 22.5 Å². The van der Waals surface area contributed by atoms with E-state index >= 15 is 0 Å². The van der Waals surface area contributed by atoms with E-state index in [1.54, 1.807) is 6.92 Å². The maximum Gasteiger partial charge on any atom is 0.314 e. The molecule has 0 bridgehead atoms. The molecule has 1 aliphatic rings. The van der Waals surface area contributed by atoms with E-state index in [1.807, 2.05) is 17.5 Å². The van der Waals surface area contributed by atoms with Crippen LogP contribution in [-0.2, 0) is 5.60 Å². The summed E-state index contributed by atoms with van der Waals surface area (Å²) in [6, 6.07) is 3.56. The maximum absolute atomic E-state index is 11.9. The van der Waals surface area contributed by atoms with Crippen LogP contribution in [0.1, 0.15) is 38.0 Å². The number of nitrogens with one attached hydrogen (secondary N) is 2. The van der Waals surface area contributed by atoms with Gasteiger partial charge in [0.2, 0.25) is 0 Å². The van der Waals surface area contributed by atoms with Gasteiger partial charge in [-0.25, -0.2) is 4.79 Å². The lowest BCUT2D eigenvalue weighted by Gasteiger charge is -2.29. The number of hydrogen-bond acceptors (Lipinski definition) is 4. The topological polar surface area (TPSA) is 64.6 Å². The quantitative estimate of drug-likeness (QED) is 0.715. The highest BCUT2D eigenvalue weighted by Crippen LogP contribution is 2.24. The van der Waals surface area contributed by atoms with Crippen molar-refractivity contribution in [1.29, 1.82) is 0 Å². The summed E-state index contributed by atoms with van der Waals surface area (Å²) in [4.78, 5) is 15.3. The van der Waals surface area contributed by atoms with Gasteiger partial charge in [-0.05, 0) is 50.2 Å². The number of carbonyl (C=O) groups is 1. The van der Waals surface area contributed by atoms with Gasteiger partial charge < -0.3 is 20.6 Å². The van der Waals surface area contributed by atoms with Gasteiger partial charge in [-0.2, -0.15) is 0 Å². The van der Waals surface area contributed by atoms with Crippen LogP contribution in [0, 0.1) is 5.92 Å². The van der Waals surface area contributed by atoms with Crippen LogP contribution in [0.5, 0.6) is 0 Å². The molecule has 5 nitrogen and oxygen atoms in total. The van der Waals surface area contributed by atoms with E-state index in [0.29, 0.717) is 12.5 Å². The molecular formula is C17H29N3O2S. The molecule has 1 fully saturated rings. The fourth-order valence-electron chi connectivity index (χ4n) is 2.90. The van der Waals surface area contributed by atoms with E-state index in [4.69, 9.17) is 0 Å². The minimum absolute atomic E-state index is 0.208. The van der Waals surface area contributed by atoms with Gasteiger partial charge in [0.05, 0.1) is 6.54 Å². The number of likely N-dealkylation sites (tertiary alicyclic amines) is 1. The third-order valence-corrected chi connectivity index (χ3v) is 5.40. The number of thiophene rings is 1. The van der Waals surface area contributed by atoms with E-state index in [0.717, 1.165) is 11.4 Å². The SMILES string of the molecule is CC(CNC(=O)NCC(C)(O)c1cccs1)CN1CCCCC1. The lowest BCUT2D eigenvalue weighted by molar-refractivity contribution is 0.0631. The highest BCUT2D eigenvalue weighted by Gasteiger charge is 2.24. The van der Waals surface area contributed by atoms with Gasteiger partial charge in [0.1, 0.15) is 5.60 Å². The molecule has 0 saturated carbocycles. The standard InChI is InChI=1S/C17H29N3O2S/c1-14(12-20-8-4-3-5-9-20)11-18-16(21)19-13-17(2,22)15-7-6-10-23-15/h6-7,10,14,22H,3-5,8-9,11-13H2,1-2H3,(H2,18,19,21). The maximum atomic E-state index is 11.9. The normalized spacial score (nSPS) is 19.8. The zero-order chi connectivity index (χ0) is 16.7. The average Bonchev–Trinajstić information content (AvgIpc) is 3.07. The van der Waals surface area contributed by atoms with Gasteiger partial charge >= 0.3 is 6.03 Å². The second kappa shape index (κ2) is 8.66. The molecule has 2 rings (SSSR count). The van der Waals surface area contributed by atoms with Crippen molar-refractivity contribution in [1.82, 2.24) is 15.5 Å². The first-order valence-electron chi connectivity index (χ1n) is 8.48. The van der Waals surface area contributed by atoms with E-state index in [1.165, 1.54) is 43.7 Å². The molecule has 0 aliphatic carbocycles. The molecule has 1 aliphatic heterocycles. The first kappa shape index (κ1) is 18.2. The molecule has 0 aromatic carbocycles. The molecule has 2 heterocycles. The van der Waals surface area contributed by atoms with Crippen molar-refractivity contribution >= 4 is 17.4 Å². The molecule has 2 unspecified atom stereocenters. The van der Waals surface area contributed by atoms with Crippen LogP contribution in [0.25, 0.3) is 0 Å². The Balaban J connectivity index is 1.64. The largest absolute Gasteiger partial charge is 0.383 e. The van der Waals surface area contributed by atoms with Gasteiger partial charge in [-0.1, -0.05) is 19.4 Å². The Morgan fingerprint density at radius 2 is 2.13 bits per heavy atom. The van der Waals surface area contributed by atoms with Gasteiger partial charge in [0, 0.05) is 18.0 Å². The summed E-state index contributed by atoms with van der Waals surface area (Å²) in [5, 5.41) is 18.0. The highest BCUT2D eigenvalue weighted by atomic mass is 32.1. The van der Waals surface area contributed by atoms with Crippen LogP contribution in [0.2, 0.25) is 0 Å². The van der Waals surface area contributed by atoms with Crippen LogP contribution in [-0.4, -0.2) is 48.8 Å².